The molecule has 1 aliphatic heterocycles. The summed E-state index contributed by atoms with van der Waals surface area (Å²) in [6, 6.07) is 11.6. The average Bonchev–Trinajstić information content (AvgIpc) is 3.18. The third-order valence-corrected chi connectivity index (χ3v) is 5.69. The van der Waals surface area contributed by atoms with Crippen LogP contribution in [0.3, 0.4) is 0 Å². The molecule has 0 atom stereocenters. The maximum absolute atomic E-state index is 12.4. The van der Waals surface area contributed by atoms with Gasteiger partial charge in [0.15, 0.2) is 0 Å². The first-order chi connectivity index (χ1) is 13.4. The zero-order chi connectivity index (χ0) is 19.8. The van der Waals surface area contributed by atoms with Gasteiger partial charge in [0.25, 0.3) is 5.69 Å². The summed E-state index contributed by atoms with van der Waals surface area (Å²) in [5.41, 5.74) is 3.19. The van der Waals surface area contributed by atoms with Crippen LogP contribution in [0.1, 0.15) is 16.0 Å². The second-order valence-electron chi connectivity index (χ2n) is 6.08. The number of benzene rings is 2. The van der Waals surface area contributed by atoms with Gasteiger partial charge in [0.1, 0.15) is 0 Å². The summed E-state index contributed by atoms with van der Waals surface area (Å²) >= 11 is 4.37. The molecule has 0 spiro atoms. The summed E-state index contributed by atoms with van der Waals surface area (Å²) in [6.45, 7) is 0.124. The molecule has 0 fully saturated rings. The lowest BCUT2D eigenvalue weighted by molar-refractivity contribution is -0.384. The van der Waals surface area contributed by atoms with Crippen molar-refractivity contribution in [3.8, 4) is 5.88 Å². The van der Waals surface area contributed by atoms with Crippen molar-refractivity contribution in [2.24, 2.45) is 4.99 Å². The van der Waals surface area contributed by atoms with Gasteiger partial charge in [-0.3, -0.25) is 24.5 Å². The number of thiazole rings is 1. The van der Waals surface area contributed by atoms with Gasteiger partial charge in [-0.15, -0.1) is 0 Å². The van der Waals surface area contributed by atoms with Gasteiger partial charge in [-0.05, 0) is 29.8 Å². The zero-order valence-electron chi connectivity index (χ0n) is 14.2. The number of hydrogen-bond acceptors (Lipinski definition) is 6. The summed E-state index contributed by atoms with van der Waals surface area (Å²) in [4.78, 5) is 27.1. The molecule has 9 heteroatoms. The van der Waals surface area contributed by atoms with Crippen molar-refractivity contribution in [2.45, 2.75) is 6.54 Å². The summed E-state index contributed by atoms with van der Waals surface area (Å²) in [6.07, 6.45) is 3.43. The van der Waals surface area contributed by atoms with Crippen LogP contribution in [0.5, 0.6) is 5.88 Å². The minimum Gasteiger partial charge on any atom is -0.493 e. The standard InChI is InChI=1S/C19H12BrN3O4S/c20-13-3-6-16-15(8-13)12(9-21-16)7-17-18(24)22(19(25)28-17)10-11-1-4-14(5-2-11)23(26)27/h1-9,24H,10H2/b12-7+. The number of non-ortho nitro benzene ring substituents is 1. The van der Waals surface area contributed by atoms with Crippen LogP contribution in [-0.4, -0.2) is 20.8 Å². The van der Waals surface area contributed by atoms with E-state index in [9.17, 15) is 20.0 Å². The van der Waals surface area contributed by atoms with Crippen LogP contribution in [0.4, 0.5) is 11.4 Å². The highest BCUT2D eigenvalue weighted by molar-refractivity contribution is 9.10. The van der Waals surface area contributed by atoms with Crippen LogP contribution in [-0.2, 0) is 6.54 Å². The van der Waals surface area contributed by atoms with Crippen LogP contribution in [0, 0.1) is 10.1 Å². The largest absolute Gasteiger partial charge is 0.493 e. The van der Waals surface area contributed by atoms with E-state index >= 15 is 0 Å². The van der Waals surface area contributed by atoms with E-state index in [2.05, 4.69) is 20.9 Å². The molecule has 28 heavy (non-hydrogen) atoms. The van der Waals surface area contributed by atoms with Gasteiger partial charge in [0, 0.05) is 34.0 Å². The molecule has 7 nitrogen and oxygen atoms in total. The molecular formula is C19H12BrN3O4S. The van der Waals surface area contributed by atoms with Gasteiger partial charge < -0.3 is 5.11 Å². The second-order valence-corrected chi connectivity index (χ2v) is 7.99. The number of aliphatic imine (C=N–C) groups is 1. The molecule has 1 aliphatic rings. The number of halogens is 1. The highest BCUT2D eigenvalue weighted by Gasteiger charge is 2.17. The Kier molecular flexibility index (Phi) is 4.70. The van der Waals surface area contributed by atoms with Gasteiger partial charge in [0.2, 0.25) is 5.88 Å². The number of aromatic nitrogens is 1. The van der Waals surface area contributed by atoms with Crippen molar-refractivity contribution in [1.29, 1.82) is 0 Å². The Morgan fingerprint density at radius 3 is 2.71 bits per heavy atom. The zero-order valence-corrected chi connectivity index (χ0v) is 16.6. The summed E-state index contributed by atoms with van der Waals surface area (Å²) in [5, 5.41) is 21.3. The Hall–Kier alpha value is -3.04. The van der Waals surface area contributed by atoms with Gasteiger partial charge in [-0.2, -0.15) is 0 Å². The Labute approximate surface area is 171 Å². The van der Waals surface area contributed by atoms with E-state index in [0.717, 1.165) is 32.6 Å². The molecule has 2 aromatic carbocycles. The third kappa shape index (κ3) is 3.41. The van der Waals surface area contributed by atoms with Crippen LogP contribution < -0.4 is 4.87 Å². The van der Waals surface area contributed by atoms with Crippen molar-refractivity contribution < 1.29 is 10.0 Å². The van der Waals surface area contributed by atoms with Crippen LogP contribution in [0.2, 0.25) is 0 Å². The molecule has 140 valence electrons. The van der Waals surface area contributed by atoms with Crippen LogP contribution in [0.25, 0.3) is 11.6 Å². The lowest BCUT2D eigenvalue weighted by Gasteiger charge is -2.04. The van der Waals surface area contributed by atoms with Crippen LogP contribution >= 0.6 is 27.3 Å². The Bertz CT molecular complexity index is 1210. The number of nitrogens with zero attached hydrogens (tertiary/aromatic N) is 3. The van der Waals surface area contributed by atoms with Crippen LogP contribution in [0.15, 0.2) is 56.7 Å². The number of nitro groups is 1. The van der Waals surface area contributed by atoms with Gasteiger partial charge >= 0.3 is 4.87 Å². The molecule has 1 N–H and O–H groups in total. The fourth-order valence-electron chi connectivity index (χ4n) is 2.87. The van der Waals surface area contributed by atoms with Crippen molar-refractivity contribution in [2.75, 3.05) is 0 Å². The highest BCUT2D eigenvalue weighted by Crippen LogP contribution is 2.36. The topological polar surface area (TPSA) is 97.7 Å². The number of nitro benzene ring substituents is 1. The van der Waals surface area contributed by atoms with Crippen molar-refractivity contribution in [3.05, 3.63) is 82.7 Å². The van der Waals surface area contributed by atoms with Crippen molar-refractivity contribution in [1.82, 2.24) is 4.57 Å². The molecule has 1 aromatic heterocycles. The number of fused-ring (bicyclic) bond motifs is 1. The predicted octanol–water partition coefficient (Wildman–Crippen LogP) is 4.59. The summed E-state index contributed by atoms with van der Waals surface area (Å²) in [7, 11) is 0. The van der Waals surface area contributed by atoms with Gasteiger partial charge in [-0.25, -0.2) is 0 Å². The average molecular weight is 458 g/mol. The smallest absolute Gasteiger partial charge is 0.310 e. The SMILES string of the molecule is O=c1sc(/C=C2\C=Nc3ccc(Br)cc32)c(O)n1Cc1ccc([N+](=O)[O-])cc1. The number of rotatable bonds is 4. The number of allylic oxidation sites excluding steroid dienone is 1. The monoisotopic (exact) mass is 457 g/mol. The lowest BCUT2D eigenvalue weighted by Crippen LogP contribution is -2.13. The molecule has 0 unspecified atom stereocenters. The molecule has 3 aromatic rings. The summed E-state index contributed by atoms with van der Waals surface area (Å²) in [5.74, 6) is -0.141. The van der Waals surface area contributed by atoms with Gasteiger partial charge in [-0.1, -0.05) is 39.4 Å². The first-order valence-corrected chi connectivity index (χ1v) is 9.75. The molecule has 2 heterocycles. The molecule has 0 bridgehead atoms. The fourth-order valence-corrected chi connectivity index (χ4v) is 4.07. The lowest BCUT2D eigenvalue weighted by atomic mass is 10.1. The van der Waals surface area contributed by atoms with E-state index in [0.29, 0.717) is 10.4 Å². The second kappa shape index (κ2) is 7.17. The third-order valence-electron chi connectivity index (χ3n) is 4.28. The minimum absolute atomic E-state index is 0.0265. The predicted molar refractivity (Wildman–Crippen MR) is 113 cm³/mol. The van der Waals surface area contributed by atoms with Crippen molar-refractivity contribution >= 4 is 56.5 Å². The maximum atomic E-state index is 12.4. The van der Waals surface area contributed by atoms with E-state index in [1.54, 1.807) is 24.4 Å². The first kappa shape index (κ1) is 18.3. The summed E-state index contributed by atoms with van der Waals surface area (Å²) < 4.78 is 2.15. The molecular weight excluding hydrogens is 446 g/mol. The van der Waals surface area contributed by atoms with Gasteiger partial charge in [0.05, 0.1) is 22.0 Å². The minimum atomic E-state index is -0.484. The van der Waals surface area contributed by atoms with E-state index in [1.807, 2.05) is 18.2 Å². The Balaban J connectivity index is 1.66. The number of hydrogen-bond donors (Lipinski definition) is 1. The van der Waals surface area contributed by atoms with E-state index in [-0.39, 0.29) is 23.0 Å². The van der Waals surface area contributed by atoms with E-state index < -0.39 is 4.92 Å². The molecule has 0 aliphatic carbocycles. The fraction of sp³-hybridized carbons (Fsp3) is 0.0526. The Morgan fingerprint density at radius 2 is 2.00 bits per heavy atom. The van der Waals surface area contributed by atoms with Crippen molar-refractivity contribution in [3.63, 3.8) is 0 Å². The normalized spacial score (nSPS) is 13.8. The first-order valence-electron chi connectivity index (χ1n) is 8.14. The van der Waals surface area contributed by atoms with E-state index in [4.69, 9.17) is 0 Å². The molecule has 4 rings (SSSR count). The molecule has 0 saturated heterocycles. The molecule has 0 saturated carbocycles. The Morgan fingerprint density at radius 1 is 1.25 bits per heavy atom. The highest BCUT2D eigenvalue weighted by atomic mass is 79.9. The molecule has 0 amide bonds. The number of aromatic hydroxyl groups is 1. The quantitative estimate of drug-likeness (QED) is 0.457. The van der Waals surface area contributed by atoms with E-state index in [1.165, 1.54) is 16.7 Å². The molecule has 0 radical (unpaired) electrons. The maximum Gasteiger partial charge on any atom is 0.310 e.